The van der Waals surface area contributed by atoms with Crippen LogP contribution in [0.2, 0.25) is 0 Å². The van der Waals surface area contributed by atoms with Gasteiger partial charge in [-0.25, -0.2) is 9.97 Å². The normalized spacial score (nSPS) is 19.8. The van der Waals surface area contributed by atoms with Gasteiger partial charge in [0.15, 0.2) is 5.65 Å². The van der Waals surface area contributed by atoms with Crippen molar-refractivity contribution < 1.29 is 0 Å². The van der Waals surface area contributed by atoms with Crippen LogP contribution in [0.3, 0.4) is 0 Å². The number of aromatic nitrogens is 4. The number of piperidine rings is 1. The van der Waals surface area contributed by atoms with Gasteiger partial charge in [-0.05, 0) is 38.4 Å². The molecule has 0 radical (unpaired) electrons. The summed E-state index contributed by atoms with van der Waals surface area (Å²) < 4.78 is 0. The minimum absolute atomic E-state index is 0.501. The number of hydrogen-bond acceptors (Lipinski definition) is 5. The highest BCUT2D eigenvalue weighted by Gasteiger charge is 2.23. The summed E-state index contributed by atoms with van der Waals surface area (Å²) in [6.07, 6.45) is 4.25. The van der Waals surface area contributed by atoms with Gasteiger partial charge < -0.3 is 0 Å². The number of aromatic amines is 1. The van der Waals surface area contributed by atoms with Crippen LogP contribution in [-0.4, -0.2) is 38.2 Å². The van der Waals surface area contributed by atoms with Crippen LogP contribution in [0.25, 0.3) is 11.0 Å². The fourth-order valence-corrected chi connectivity index (χ4v) is 3.82. The lowest BCUT2D eigenvalue weighted by molar-refractivity contribution is 0.197. The van der Waals surface area contributed by atoms with Crippen LogP contribution in [-0.2, 0) is 6.54 Å². The van der Waals surface area contributed by atoms with Gasteiger partial charge in [-0.3, -0.25) is 10.00 Å². The van der Waals surface area contributed by atoms with E-state index in [1.165, 1.54) is 24.2 Å². The molecule has 4 rings (SSSR count). The molecule has 0 aliphatic carbocycles. The molecule has 4 heterocycles. The Bertz CT molecular complexity index is 778. The number of hydrogen-bond donors (Lipinski definition) is 1. The van der Waals surface area contributed by atoms with Gasteiger partial charge in [-0.2, -0.15) is 5.10 Å². The van der Waals surface area contributed by atoms with E-state index in [1.54, 1.807) is 11.3 Å². The first-order valence-corrected chi connectivity index (χ1v) is 8.59. The predicted octanol–water partition coefficient (Wildman–Crippen LogP) is 3.10. The van der Waals surface area contributed by atoms with Gasteiger partial charge in [0.1, 0.15) is 0 Å². The Hall–Kier alpha value is -1.79. The van der Waals surface area contributed by atoms with E-state index in [9.17, 15) is 0 Å². The number of nitrogens with one attached hydrogen (secondary N) is 1. The van der Waals surface area contributed by atoms with Crippen molar-refractivity contribution in [3.05, 3.63) is 40.1 Å². The molecule has 1 saturated heterocycles. The van der Waals surface area contributed by atoms with E-state index in [2.05, 4.69) is 44.5 Å². The third-order valence-corrected chi connectivity index (χ3v) is 5.12. The second-order valence-corrected chi connectivity index (χ2v) is 7.04. The van der Waals surface area contributed by atoms with E-state index in [1.807, 2.05) is 6.20 Å². The van der Waals surface area contributed by atoms with Crippen LogP contribution in [0, 0.1) is 6.92 Å². The highest BCUT2D eigenvalue weighted by Crippen LogP contribution is 2.27. The Kier molecular flexibility index (Phi) is 3.63. The molecule has 22 heavy (non-hydrogen) atoms. The summed E-state index contributed by atoms with van der Waals surface area (Å²) in [5.41, 5.74) is 3.26. The smallest absolute Gasteiger partial charge is 0.155 e. The van der Waals surface area contributed by atoms with Crippen molar-refractivity contribution in [2.45, 2.75) is 32.2 Å². The Morgan fingerprint density at radius 3 is 3.18 bits per heavy atom. The maximum atomic E-state index is 4.75. The van der Waals surface area contributed by atoms with E-state index >= 15 is 0 Å². The molecular formula is C16H19N5S. The fraction of sp³-hybridized carbons (Fsp3) is 0.438. The molecule has 0 unspecified atom stereocenters. The number of aryl methyl sites for hydroxylation is 1. The lowest BCUT2D eigenvalue weighted by atomic mass is 9.94. The first-order chi connectivity index (χ1) is 10.8. The molecule has 3 aromatic rings. The molecular weight excluding hydrogens is 294 g/mol. The summed E-state index contributed by atoms with van der Waals surface area (Å²) in [5, 5.41) is 11.4. The van der Waals surface area contributed by atoms with Gasteiger partial charge in [0.25, 0.3) is 0 Å². The summed E-state index contributed by atoms with van der Waals surface area (Å²) in [6.45, 7) is 5.23. The monoisotopic (exact) mass is 313 g/mol. The quantitative estimate of drug-likeness (QED) is 0.807. The summed E-state index contributed by atoms with van der Waals surface area (Å²) >= 11 is 1.73. The van der Waals surface area contributed by atoms with Crippen molar-refractivity contribution in [1.82, 2.24) is 25.1 Å². The third-order valence-electron chi connectivity index (χ3n) is 4.30. The summed E-state index contributed by atoms with van der Waals surface area (Å²) in [7, 11) is 0. The molecule has 1 fully saturated rings. The average Bonchev–Trinajstić information content (AvgIpc) is 3.15. The van der Waals surface area contributed by atoms with E-state index in [0.717, 1.165) is 35.7 Å². The number of likely N-dealkylation sites (tertiary alicyclic amines) is 1. The van der Waals surface area contributed by atoms with E-state index in [-0.39, 0.29) is 0 Å². The number of nitrogens with zero attached hydrogens (tertiary/aromatic N) is 4. The zero-order valence-corrected chi connectivity index (χ0v) is 13.4. The van der Waals surface area contributed by atoms with E-state index < -0.39 is 0 Å². The second-order valence-electron chi connectivity index (χ2n) is 5.98. The molecule has 0 bridgehead atoms. The molecule has 1 N–H and O–H groups in total. The maximum Gasteiger partial charge on any atom is 0.155 e. The minimum Gasteiger partial charge on any atom is -0.297 e. The molecule has 1 aliphatic rings. The molecule has 3 aromatic heterocycles. The van der Waals surface area contributed by atoms with Gasteiger partial charge in [0, 0.05) is 35.5 Å². The summed E-state index contributed by atoms with van der Waals surface area (Å²) in [6, 6.07) is 4.27. The molecule has 0 spiro atoms. The van der Waals surface area contributed by atoms with Crippen LogP contribution in [0.4, 0.5) is 0 Å². The molecule has 1 aliphatic heterocycles. The zero-order chi connectivity index (χ0) is 14.9. The topological polar surface area (TPSA) is 57.7 Å². The Labute approximate surface area is 133 Å². The van der Waals surface area contributed by atoms with Crippen molar-refractivity contribution in [3.63, 3.8) is 0 Å². The highest BCUT2D eigenvalue weighted by molar-refractivity contribution is 7.09. The van der Waals surface area contributed by atoms with Gasteiger partial charge in [0.05, 0.1) is 16.9 Å². The first-order valence-electron chi connectivity index (χ1n) is 7.71. The van der Waals surface area contributed by atoms with Crippen LogP contribution < -0.4 is 0 Å². The van der Waals surface area contributed by atoms with Gasteiger partial charge in [0.2, 0.25) is 0 Å². The number of H-pyrrole nitrogens is 1. The SMILES string of the molecule is Cc1nc(CN2CCC[C@H](c3ccc4cn[nH]c4n3)C2)cs1. The number of fused-ring (bicyclic) bond motifs is 1. The van der Waals surface area contributed by atoms with Crippen molar-refractivity contribution in [2.75, 3.05) is 13.1 Å². The van der Waals surface area contributed by atoms with Crippen molar-refractivity contribution >= 4 is 22.4 Å². The molecule has 5 nitrogen and oxygen atoms in total. The minimum atomic E-state index is 0.501. The molecule has 114 valence electrons. The lowest BCUT2D eigenvalue weighted by Gasteiger charge is -2.31. The Balaban J connectivity index is 1.50. The van der Waals surface area contributed by atoms with Crippen molar-refractivity contribution in [3.8, 4) is 0 Å². The van der Waals surface area contributed by atoms with Gasteiger partial charge in [-0.1, -0.05) is 0 Å². The predicted molar refractivity (Wildman–Crippen MR) is 88.0 cm³/mol. The van der Waals surface area contributed by atoms with Crippen LogP contribution in [0.1, 0.15) is 35.2 Å². The largest absolute Gasteiger partial charge is 0.297 e. The lowest BCUT2D eigenvalue weighted by Crippen LogP contribution is -2.34. The third kappa shape index (κ3) is 2.76. The summed E-state index contributed by atoms with van der Waals surface area (Å²) in [4.78, 5) is 11.8. The van der Waals surface area contributed by atoms with E-state index in [0.29, 0.717) is 5.92 Å². The molecule has 6 heteroatoms. The van der Waals surface area contributed by atoms with Crippen LogP contribution >= 0.6 is 11.3 Å². The first kappa shape index (κ1) is 13.8. The zero-order valence-electron chi connectivity index (χ0n) is 12.6. The van der Waals surface area contributed by atoms with Crippen molar-refractivity contribution in [2.24, 2.45) is 0 Å². The van der Waals surface area contributed by atoms with Gasteiger partial charge >= 0.3 is 0 Å². The molecule has 0 aromatic carbocycles. The molecule has 0 amide bonds. The number of rotatable bonds is 3. The van der Waals surface area contributed by atoms with Gasteiger partial charge in [-0.15, -0.1) is 11.3 Å². The maximum absolute atomic E-state index is 4.75. The summed E-state index contributed by atoms with van der Waals surface area (Å²) in [5.74, 6) is 0.501. The Morgan fingerprint density at radius 2 is 2.32 bits per heavy atom. The number of thiazole rings is 1. The van der Waals surface area contributed by atoms with Crippen molar-refractivity contribution in [1.29, 1.82) is 0 Å². The number of pyridine rings is 1. The molecule has 0 saturated carbocycles. The van der Waals surface area contributed by atoms with Crippen LogP contribution in [0.5, 0.6) is 0 Å². The molecule has 1 atom stereocenters. The fourth-order valence-electron chi connectivity index (χ4n) is 3.22. The Morgan fingerprint density at radius 1 is 1.36 bits per heavy atom. The average molecular weight is 313 g/mol. The highest BCUT2D eigenvalue weighted by atomic mass is 32.1. The van der Waals surface area contributed by atoms with E-state index in [4.69, 9.17) is 4.98 Å². The van der Waals surface area contributed by atoms with Crippen LogP contribution in [0.15, 0.2) is 23.7 Å². The standard InChI is InChI=1S/C16H19N5S/c1-11-18-14(10-22-11)9-21-6-2-3-13(8-21)15-5-4-12-7-17-20-16(12)19-15/h4-5,7,10,13H,2-3,6,8-9H2,1H3,(H,17,19,20)/t13-/m0/s1. The second kappa shape index (κ2) is 5.78.